The van der Waals surface area contributed by atoms with E-state index in [0.717, 1.165) is 31.4 Å². The van der Waals surface area contributed by atoms with Gasteiger partial charge in [-0.05, 0) is 32.6 Å². The highest BCUT2D eigenvalue weighted by molar-refractivity contribution is 5.97. The standard InChI is InChI=1S/C17H27N3O4/c1-4-13(5-2)20-11(3)14(9-18-20)16(21)19-15(17(22)23)12-7-6-8-24-10-12/h9,12-13,15H,4-8,10H2,1-3H3,(H,19,21)(H,22,23). The van der Waals surface area contributed by atoms with E-state index in [-0.39, 0.29) is 17.9 Å². The van der Waals surface area contributed by atoms with Gasteiger partial charge in [0.05, 0.1) is 24.4 Å². The van der Waals surface area contributed by atoms with E-state index < -0.39 is 12.0 Å². The Hall–Kier alpha value is -1.89. The number of nitrogens with one attached hydrogen (secondary N) is 1. The summed E-state index contributed by atoms with van der Waals surface area (Å²) >= 11 is 0. The molecule has 7 nitrogen and oxygen atoms in total. The normalized spacial score (nSPS) is 19.2. The predicted molar refractivity (Wildman–Crippen MR) is 89.0 cm³/mol. The molecule has 134 valence electrons. The molecule has 2 heterocycles. The maximum atomic E-state index is 12.6. The summed E-state index contributed by atoms with van der Waals surface area (Å²) in [4.78, 5) is 24.1. The number of carbonyl (C=O) groups is 2. The molecule has 2 N–H and O–H groups in total. The first-order valence-electron chi connectivity index (χ1n) is 8.65. The number of amides is 1. The SMILES string of the molecule is CCC(CC)n1ncc(C(=O)NC(C(=O)O)C2CCCOC2)c1C. The Labute approximate surface area is 142 Å². The van der Waals surface area contributed by atoms with Gasteiger partial charge in [0.1, 0.15) is 6.04 Å². The van der Waals surface area contributed by atoms with Crippen molar-refractivity contribution in [2.24, 2.45) is 5.92 Å². The van der Waals surface area contributed by atoms with Crippen LogP contribution in [0.3, 0.4) is 0 Å². The predicted octanol–water partition coefficient (Wildman–Crippen LogP) is 2.16. The van der Waals surface area contributed by atoms with E-state index in [9.17, 15) is 14.7 Å². The zero-order valence-corrected chi connectivity index (χ0v) is 14.6. The molecule has 0 aromatic carbocycles. The first kappa shape index (κ1) is 18.4. The summed E-state index contributed by atoms with van der Waals surface area (Å²) in [6.07, 6.45) is 4.94. The lowest BCUT2D eigenvalue weighted by atomic mass is 9.93. The fourth-order valence-electron chi connectivity index (χ4n) is 3.28. The van der Waals surface area contributed by atoms with Crippen LogP contribution in [0.2, 0.25) is 0 Å². The van der Waals surface area contributed by atoms with Crippen LogP contribution in [0, 0.1) is 12.8 Å². The van der Waals surface area contributed by atoms with Gasteiger partial charge in [-0.2, -0.15) is 5.10 Å². The summed E-state index contributed by atoms with van der Waals surface area (Å²) in [6.45, 7) is 7.03. The van der Waals surface area contributed by atoms with Crippen LogP contribution >= 0.6 is 0 Å². The third-order valence-corrected chi connectivity index (χ3v) is 4.80. The molecule has 24 heavy (non-hydrogen) atoms. The molecule has 1 fully saturated rings. The second-order valence-corrected chi connectivity index (χ2v) is 6.33. The number of aliphatic carboxylic acids is 1. The van der Waals surface area contributed by atoms with Crippen molar-refractivity contribution in [3.05, 3.63) is 17.5 Å². The van der Waals surface area contributed by atoms with Crippen molar-refractivity contribution < 1.29 is 19.4 Å². The number of carbonyl (C=O) groups excluding carboxylic acids is 1. The van der Waals surface area contributed by atoms with Crippen LogP contribution in [-0.4, -0.2) is 46.0 Å². The molecule has 1 amide bonds. The molecule has 1 aliphatic heterocycles. The molecule has 1 aromatic rings. The second-order valence-electron chi connectivity index (χ2n) is 6.33. The minimum atomic E-state index is -1.02. The van der Waals surface area contributed by atoms with E-state index in [1.807, 2.05) is 11.6 Å². The fourth-order valence-corrected chi connectivity index (χ4v) is 3.28. The molecule has 0 radical (unpaired) electrons. The number of hydrogen-bond acceptors (Lipinski definition) is 4. The zero-order valence-electron chi connectivity index (χ0n) is 14.6. The van der Waals surface area contributed by atoms with Crippen molar-refractivity contribution in [2.75, 3.05) is 13.2 Å². The van der Waals surface area contributed by atoms with Crippen molar-refractivity contribution in [1.29, 1.82) is 0 Å². The van der Waals surface area contributed by atoms with E-state index in [1.54, 1.807) is 0 Å². The van der Waals surface area contributed by atoms with E-state index in [2.05, 4.69) is 24.3 Å². The number of hydrogen-bond donors (Lipinski definition) is 2. The lowest BCUT2D eigenvalue weighted by Crippen LogP contribution is -2.48. The van der Waals surface area contributed by atoms with Crippen molar-refractivity contribution in [3.8, 4) is 0 Å². The van der Waals surface area contributed by atoms with Gasteiger partial charge in [0, 0.05) is 18.2 Å². The van der Waals surface area contributed by atoms with Crippen LogP contribution in [-0.2, 0) is 9.53 Å². The Bertz CT molecular complexity index is 574. The van der Waals surface area contributed by atoms with Gasteiger partial charge in [-0.25, -0.2) is 4.79 Å². The minimum Gasteiger partial charge on any atom is -0.480 e. The van der Waals surface area contributed by atoms with Crippen molar-refractivity contribution in [1.82, 2.24) is 15.1 Å². The number of carboxylic acid groups (broad SMARTS) is 1. The average molecular weight is 337 g/mol. The Morgan fingerprint density at radius 2 is 2.17 bits per heavy atom. The highest BCUT2D eigenvalue weighted by Gasteiger charge is 2.32. The summed E-state index contributed by atoms with van der Waals surface area (Å²) in [7, 11) is 0. The lowest BCUT2D eigenvalue weighted by molar-refractivity contribution is -0.142. The monoisotopic (exact) mass is 337 g/mol. The van der Waals surface area contributed by atoms with Crippen LogP contribution in [0.1, 0.15) is 61.6 Å². The summed E-state index contributed by atoms with van der Waals surface area (Å²) in [6, 6.07) is -0.692. The molecule has 7 heteroatoms. The minimum absolute atomic E-state index is 0.199. The Kier molecular flexibility index (Phi) is 6.36. The molecular formula is C17H27N3O4. The molecule has 1 saturated heterocycles. The number of carboxylic acids is 1. The molecule has 0 spiro atoms. The van der Waals surface area contributed by atoms with Crippen LogP contribution in [0.5, 0.6) is 0 Å². The second kappa shape index (κ2) is 8.28. The van der Waals surface area contributed by atoms with Gasteiger partial charge in [-0.15, -0.1) is 0 Å². The van der Waals surface area contributed by atoms with Crippen LogP contribution in [0.25, 0.3) is 0 Å². The van der Waals surface area contributed by atoms with Gasteiger partial charge in [0.25, 0.3) is 5.91 Å². The number of aromatic nitrogens is 2. The Morgan fingerprint density at radius 3 is 2.71 bits per heavy atom. The molecule has 1 aliphatic rings. The van der Waals surface area contributed by atoms with Crippen LogP contribution < -0.4 is 5.32 Å². The van der Waals surface area contributed by atoms with E-state index in [0.29, 0.717) is 18.8 Å². The van der Waals surface area contributed by atoms with Gasteiger partial charge in [-0.1, -0.05) is 13.8 Å². The van der Waals surface area contributed by atoms with Gasteiger partial charge in [0.15, 0.2) is 0 Å². The first-order chi connectivity index (χ1) is 11.5. The molecule has 2 unspecified atom stereocenters. The van der Waals surface area contributed by atoms with E-state index in [4.69, 9.17) is 4.74 Å². The highest BCUT2D eigenvalue weighted by atomic mass is 16.5. The fraction of sp³-hybridized carbons (Fsp3) is 0.706. The van der Waals surface area contributed by atoms with E-state index >= 15 is 0 Å². The van der Waals surface area contributed by atoms with Crippen molar-refractivity contribution in [3.63, 3.8) is 0 Å². The zero-order chi connectivity index (χ0) is 17.7. The van der Waals surface area contributed by atoms with Crippen LogP contribution in [0.4, 0.5) is 0 Å². The maximum Gasteiger partial charge on any atom is 0.326 e. The lowest BCUT2D eigenvalue weighted by Gasteiger charge is -2.28. The maximum absolute atomic E-state index is 12.6. The quantitative estimate of drug-likeness (QED) is 0.795. The summed E-state index contributed by atoms with van der Waals surface area (Å²) in [5, 5.41) is 16.5. The molecule has 0 saturated carbocycles. The molecule has 1 aromatic heterocycles. The van der Waals surface area contributed by atoms with Gasteiger partial charge < -0.3 is 15.2 Å². The van der Waals surface area contributed by atoms with Gasteiger partial charge >= 0.3 is 5.97 Å². The third kappa shape index (κ3) is 3.95. The van der Waals surface area contributed by atoms with E-state index in [1.165, 1.54) is 6.20 Å². The molecule has 2 atom stereocenters. The number of rotatable bonds is 7. The van der Waals surface area contributed by atoms with Crippen molar-refractivity contribution >= 4 is 11.9 Å². The molecule has 0 aliphatic carbocycles. The summed E-state index contributed by atoms with van der Waals surface area (Å²) in [5.74, 6) is -1.61. The van der Waals surface area contributed by atoms with Gasteiger partial charge in [0.2, 0.25) is 0 Å². The number of nitrogens with zero attached hydrogens (tertiary/aromatic N) is 2. The summed E-state index contributed by atoms with van der Waals surface area (Å²) in [5.41, 5.74) is 1.20. The topological polar surface area (TPSA) is 93.5 Å². The number of ether oxygens (including phenoxy) is 1. The highest BCUT2D eigenvalue weighted by Crippen LogP contribution is 2.21. The largest absolute Gasteiger partial charge is 0.480 e. The Balaban J connectivity index is 2.14. The third-order valence-electron chi connectivity index (χ3n) is 4.80. The summed E-state index contributed by atoms with van der Waals surface area (Å²) < 4.78 is 7.21. The molecule has 2 rings (SSSR count). The molecule has 0 bridgehead atoms. The van der Waals surface area contributed by atoms with Gasteiger partial charge in [-0.3, -0.25) is 9.48 Å². The first-order valence-corrected chi connectivity index (χ1v) is 8.65. The molecular weight excluding hydrogens is 310 g/mol. The smallest absolute Gasteiger partial charge is 0.326 e. The Morgan fingerprint density at radius 1 is 1.46 bits per heavy atom. The van der Waals surface area contributed by atoms with Crippen LogP contribution in [0.15, 0.2) is 6.20 Å². The van der Waals surface area contributed by atoms with Crippen molar-refractivity contribution in [2.45, 2.75) is 58.5 Å². The average Bonchev–Trinajstić information content (AvgIpc) is 2.96.